The van der Waals surface area contributed by atoms with Crippen molar-refractivity contribution in [2.75, 3.05) is 20.1 Å². The molecule has 3 N–H and O–H groups in total. The minimum atomic E-state index is -3.39. The summed E-state index contributed by atoms with van der Waals surface area (Å²) in [4.78, 5) is 0. The molecule has 102 valence electrons. The molecular formula is C11H25N3O2S. The molecule has 0 spiro atoms. The quantitative estimate of drug-likeness (QED) is 0.745. The Morgan fingerprint density at radius 3 is 2.35 bits per heavy atom. The Hall–Kier alpha value is -0.170. The van der Waals surface area contributed by atoms with Crippen LogP contribution in [0.2, 0.25) is 0 Å². The first kappa shape index (κ1) is 14.9. The van der Waals surface area contributed by atoms with Gasteiger partial charge in [0.25, 0.3) is 10.2 Å². The third-order valence-corrected chi connectivity index (χ3v) is 5.40. The van der Waals surface area contributed by atoms with E-state index in [0.717, 1.165) is 32.1 Å². The maximum Gasteiger partial charge on any atom is 0.279 e. The van der Waals surface area contributed by atoms with Crippen LogP contribution in [0, 0.1) is 0 Å². The highest BCUT2D eigenvalue weighted by Gasteiger charge is 2.40. The monoisotopic (exact) mass is 263 g/mol. The van der Waals surface area contributed by atoms with E-state index < -0.39 is 10.2 Å². The summed E-state index contributed by atoms with van der Waals surface area (Å²) in [5, 5.41) is 0. The van der Waals surface area contributed by atoms with E-state index in [1.54, 1.807) is 7.05 Å². The summed E-state index contributed by atoms with van der Waals surface area (Å²) in [5.41, 5.74) is 5.45. The van der Waals surface area contributed by atoms with Gasteiger partial charge in [-0.25, -0.2) is 4.72 Å². The van der Waals surface area contributed by atoms with Gasteiger partial charge in [0.15, 0.2) is 0 Å². The van der Waals surface area contributed by atoms with Gasteiger partial charge < -0.3 is 5.73 Å². The number of hydrogen-bond acceptors (Lipinski definition) is 3. The Labute approximate surface area is 105 Å². The Morgan fingerprint density at radius 2 is 1.88 bits per heavy atom. The van der Waals surface area contributed by atoms with Gasteiger partial charge in [0.05, 0.1) is 0 Å². The maximum absolute atomic E-state index is 12.1. The zero-order valence-corrected chi connectivity index (χ0v) is 11.7. The van der Waals surface area contributed by atoms with Crippen molar-refractivity contribution in [1.82, 2.24) is 9.03 Å². The van der Waals surface area contributed by atoms with Crippen molar-refractivity contribution in [3.8, 4) is 0 Å². The van der Waals surface area contributed by atoms with Crippen LogP contribution in [0.4, 0.5) is 0 Å². The molecule has 0 aliphatic heterocycles. The molecule has 1 aliphatic rings. The van der Waals surface area contributed by atoms with Crippen LogP contribution in [0.3, 0.4) is 0 Å². The van der Waals surface area contributed by atoms with Crippen molar-refractivity contribution in [1.29, 1.82) is 0 Å². The first-order valence-corrected chi connectivity index (χ1v) is 7.86. The van der Waals surface area contributed by atoms with Crippen molar-refractivity contribution in [3.05, 3.63) is 0 Å². The van der Waals surface area contributed by atoms with Crippen LogP contribution in [0.15, 0.2) is 0 Å². The predicted molar refractivity (Wildman–Crippen MR) is 69.8 cm³/mol. The number of rotatable bonds is 6. The lowest BCUT2D eigenvalue weighted by Gasteiger charge is -2.42. The lowest BCUT2D eigenvalue weighted by molar-refractivity contribution is 0.157. The molecule has 0 aromatic carbocycles. The van der Waals surface area contributed by atoms with Crippen molar-refractivity contribution in [3.63, 3.8) is 0 Å². The molecule has 6 heteroatoms. The van der Waals surface area contributed by atoms with Crippen LogP contribution in [0.25, 0.3) is 0 Å². The molecule has 1 fully saturated rings. The molecule has 0 bridgehead atoms. The highest BCUT2D eigenvalue weighted by atomic mass is 32.2. The van der Waals surface area contributed by atoms with Crippen LogP contribution in [0.5, 0.6) is 0 Å². The van der Waals surface area contributed by atoms with Crippen LogP contribution < -0.4 is 10.5 Å². The van der Waals surface area contributed by atoms with Gasteiger partial charge in [-0.05, 0) is 19.3 Å². The first-order chi connectivity index (χ1) is 7.98. The molecule has 0 radical (unpaired) electrons. The van der Waals surface area contributed by atoms with Crippen LogP contribution in [0.1, 0.15) is 45.4 Å². The van der Waals surface area contributed by atoms with E-state index in [2.05, 4.69) is 4.72 Å². The molecule has 17 heavy (non-hydrogen) atoms. The average Bonchev–Trinajstić information content (AvgIpc) is 2.36. The molecule has 0 atom stereocenters. The lowest BCUT2D eigenvalue weighted by atomic mass is 9.82. The summed E-state index contributed by atoms with van der Waals surface area (Å²) in [6.45, 7) is 2.83. The molecule has 1 saturated carbocycles. The van der Waals surface area contributed by atoms with Gasteiger partial charge in [-0.2, -0.15) is 12.7 Å². The molecular weight excluding hydrogens is 238 g/mol. The van der Waals surface area contributed by atoms with Crippen molar-refractivity contribution in [2.24, 2.45) is 5.73 Å². The topological polar surface area (TPSA) is 75.4 Å². The molecule has 0 unspecified atom stereocenters. The predicted octanol–water partition coefficient (Wildman–Crippen LogP) is 0.824. The molecule has 1 rings (SSSR count). The SMILES string of the molecule is CCCNS(=O)(=O)N(C)C1(CN)CCCCC1. The number of hydrogen-bond donors (Lipinski definition) is 2. The third-order valence-electron chi connectivity index (χ3n) is 3.73. The van der Waals surface area contributed by atoms with E-state index in [1.807, 2.05) is 6.92 Å². The van der Waals surface area contributed by atoms with Gasteiger partial charge in [0.1, 0.15) is 0 Å². The van der Waals surface area contributed by atoms with Crippen molar-refractivity contribution >= 4 is 10.2 Å². The lowest BCUT2D eigenvalue weighted by Crippen LogP contribution is -2.58. The third kappa shape index (κ3) is 3.40. The molecule has 0 aromatic heterocycles. The highest BCUT2D eigenvalue weighted by Crippen LogP contribution is 2.33. The van der Waals surface area contributed by atoms with Gasteiger partial charge in [-0.3, -0.25) is 0 Å². The summed E-state index contributed by atoms with van der Waals surface area (Å²) in [6.07, 6.45) is 5.83. The van der Waals surface area contributed by atoms with Gasteiger partial charge >= 0.3 is 0 Å². The number of nitrogens with zero attached hydrogens (tertiary/aromatic N) is 1. The standard InChI is InChI=1S/C11H25N3O2S/c1-3-9-13-17(15,16)14(2)11(10-12)7-5-4-6-8-11/h13H,3-10,12H2,1-2H3. The van der Waals surface area contributed by atoms with Crippen molar-refractivity contribution in [2.45, 2.75) is 51.0 Å². The van der Waals surface area contributed by atoms with E-state index in [4.69, 9.17) is 5.73 Å². The van der Waals surface area contributed by atoms with Gasteiger partial charge in [0.2, 0.25) is 0 Å². The molecule has 5 nitrogen and oxygen atoms in total. The first-order valence-electron chi connectivity index (χ1n) is 6.42. The summed E-state index contributed by atoms with van der Waals surface area (Å²) in [5.74, 6) is 0. The minimum Gasteiger partial charge on any atom is -0.329 e. The fourth-order valence-corrected chi connectivity index (χ4v) is 3.86. The summed E-state index contributed by atoms with van der Waals surface area (Å²) in [7, 11) is -1.74. The largest absolute Gasteiger partial charge is 0.329 e. The average molecular weight is 263 g/mol. The van der Waals surface area contributed by atoms with Crippen LogP contribution >= 0.6 is 0 Å². The Kier molecular flexibility index (Phi) is 5.37. The maximum atomic E-state index is 12.1. The Morgan fingerprint density at radius 1 is 1.29 bits per heavy atom. The zero-order chi connectivity index (χ0) is 12.9. The van der Waals surface area contributed by atoms with Gasteiger partial charge in [-0.15, -0.1) is 0 Å². The number of nitrogens with one attached hydrogen (secondary N) is 1. The molecule has 0 amide bonds. The fourth-order valence-electron chi connectivity index (χ4n) is 2.44. The Balaban J connectivity index is 2.80. The van der Waals surface area contributed by atoms with Crippen molar-refractivity contribution < 1.29 is 8.42 Å². The fraction of sp³-hybridized carbons (Fsp3) is 1.00. The number of nitrogens with two attached hydrogens (primary N) is 1. The van der Waals surface area contributed by atoms with E-state index in [1.165, 1.54) is 10.7 Å². The van der Waals surface area contributed by atoms with Crippen LogP contribution in [-0.2, 0) is 10.2 Å². The van der Waals surface area contributed by atoms with E-state index in [-0.39, 0.29) is 5.54 Å². The highest BCUT2D eigenvalue weighted by molar-refractivity contribution is 7.87. The van der Waals surface area contributed by atoms with Gasteiger partial charge in [-0.1, -0.05) is 26.2 Å². The number of likely N-dealkylation sites (N-methyl/N-ethyl adjacent to an activating group) is 1. The summed E-state index contributed by atoms with van der Waals surface area (Å²) >= 11 is 0. The molecule has 0 saturated heterocycles. The summed E-state index contributed by atoms with van der Waals surface area (Å²) < 4.78 is 28.3. The van der Waals surface area contributed by atoms with Gasteiger partial charge in [0, 0.05) is 25.7 Å². The van der Waals surface area contributed by atoms with E-state index in [9.17, 15) is 8.42 Å². The zero-order valence-electron chi connectivity index (χ0n) is 10.9. The van der Waals surface area contributed by atoms with Crippen LogP contribution in [-0.4, -0.2) is 38.4 Å². The second-order valence-corrected chi connectivity index (χ2v) is 6.64. The molecule has 0 aromatic rings. The van der Waals surface area contributed by atoms with E-state index >= 15 is 0 Å². The summed E-state index contributed by atoms with van der Waals surface area (Å²) in [6, 6.07) is 0. The molecule has 1 aliphatic carbocycles. The minimum absolute atomic E-state index is 0.377. The smallest absolute Gasteiger partial charge is 0.279 e. The Bertz CT molecular complexity index is 324. The normalized spacial score (nSPS) is 20.7. The second-order valence-electron chi connectivity index (χ2n) is 4.86. The van der Waals surface area contributed by atoms with E-state index in [0.29, 0.717) is 13.1 Å². The molecule has 0 heterocycles. The second kappa shape index (κ2) is 6.13.